The molecule has 0 aromatic heterocycles. The van der Waals surface area contributed by atoms with Crippen molar-refractivity contribution in [3.8, 4) is 0 Å². The summed E-state index contributed by atoms with van der Waals surface area (Å²) in [5, 5.41) is 0. The van der Waals surface area contributed by atoms with Gasteiger partial charge in [-0.3, -0.25) is 4.99 Å². The van der Waals surface area contributed by atoms with Crippen LogP contribution in [0.1, 0.15) is 17.0 Å². The molecule has 1 atom stereocenters. The lowest BCUT2D eigenvalue weighted by Gasteiger charge is -2.29. The fourth-order valence-electron chi connectivity index (χ4n) is 1.96. The van der Waals surface area contributed by atoms with Crippen molar-refractivity contribution in [2.45, 2.75) is 12.1 Å². The molecule has 0 spiro atoms. The van der Waals surface area contributed by atoms with Crippen LogP contribution >= 0.6 is 0 Å². The predicted octanol–water partition coefficient (Wildman–Crippen LogP) is 2.05. The van der Waals surface area contributed by atoms with E-state index >= 15 is 0 Å². The molecule has 6 heteroatoms. The third kappa shape index (κ3) is 2.57. The fraction of sp³-hybridized carbons (Fsp3) is 0.417. The number of nitrogens with zero attached hydrogens (tertiary/aromatic N) is 2. The Hall–Kier alpha value is -1.72. The quantitative estimate of drug-likeness (QED) is 0.836. The normalized spacial score (nSPS) is 20.8. The van der Waals surface area contributed by atoms with Crippen LogP contribution in [0.2, 0.25) is 0 Å². The van der Waals surface area contributed by atoms with Crippen molar-refractivity contribution in [2.75, 3.05) is 20.1 Å². The van der Waals surface area contributed by atoms with E-state index in [1.54, 1.807) is 4.90 Å². The minimum absolute atomic E-state index is 0.0876. The highest BCUT2D eigenvalue weighted by Crippen LogP contribution is 2.30. The molecule has 1 aromatic carbocycles. The molecule has 2 rings (SSSR count). The van der Waals surface area contributed by atoms with Crippen molar-refractivity contribution >= 4 is 5.96 Å². The summed E-state index contributed by atoms with van der Waals surface area (Å²) in [7, 11) is 1.81. The maximum atomic E-state index is 12.4. The van der Waals surface area contributed by atoms with E-state index in [0.29, 0.717) is 19.0 Å². The van der Waals surface area contributed by atoms with Crippen LogP contribution in [0.5, 0.6) is 0 Å². The Kier molecular flexibility index (Phi) is 3.19. The highest BCUT2D eigenvalue weighted by Gasteiger charge is 2.30. The summed E-state index contributed by atoms with van der Waals surface area (Å²) < 4.78 is 37.3. The second kappa shape index (κ2) is 4.51. The van der Waals surface area contributed by atoms with Gasteiger partial charge in [0.15, 0.2) is 5.96 Å². The summed E-state index contributed by atoms with van der Waals surface area (Å²) in [6.07, 6.45) is -4.29. The lowest BCUT2D eigenvalue weighted by Crippen LogP contribution is -2.41. The van der Waals surface area contributed by atoms with E-state index in [9.17, 15) is 13.2 Å². The van der Waals surface area contributed by atoms with Crippen LogP contribution in [0.25, 0.3) is 0 Å². The number of hydrogen-bond donors (Lipinski definition) is 1. The van der Waals surface area contributed by atoms with Gasteiger partial charge < -0.3 is 10.6 Å². The first-order valence-electron chi connectivity index (χ1n) is 5.56. The molecule has 0 fully saturated rings. The molecule has 1 aliphatic rings. The van der Waals surface area contributed by atoms with Crippen LogP contribution in [0.4, 0.5) is 13.2 Å². The Bertz CT molecular complexity index is 451. The standard InChI is InChI=1S/C12H14F3N3/c1-18-7-9(6-17-11(18)16)8-2-4-10(5-3-8)12(13,14)15/h2-5,9H,6-7H2,1H3,(H2,16,17). The van der Waals surface area contributed by atoms with E-state index < -0.39 is 11.7 Å². The first-order chi connectivity index (χ1) is 8.38. The van der Waals surface area contributed by atoms with Crippen molar-refractivity contribution < 1.29 is 13.2 Å². The number of guanidine groups is 1. The van der Waals surface area contributed by atoms with Gasteiger partial charge >= 0.3 is 6.18 Å². The summed E-state index contributed by atoms with van der Waals surface area (Å²) in [5.74, 6) is 0.558. The Morgan fingerprint density at radius 1 is 1.28 bits per heavy atom. The molecule has 1 unspecified atom stereocenters. The van der Waals surface area contributed by atoms with Gasteiger partial charge in [0.2, 0.25) is 0 Å². The van der Waals surface area contributed by atoms with Crippen molar-refractivity contribution in [2.24, 2.45) is 10.7 Å². The number of hydrogen-bond acceptors (Lipinski definition) is 3. The lowest BCUT2D eigenvalue weighted by molar-refractivity contribution is -0.137. The van der Waals surface area contributed by atoms with Crippen molar-refractivity contribution in [1.82, 2.24) is 4.90 Å². The fourth-order valence-corrected chi connectivity index (χ4v) is 1.96. The number of benzene rings is 1. The molecule has 0 radical (unpaired) electrons. The van der Waals surface area contributed by atoms with Crippen LogP contribution < -0.4 is 5.73 Å². The number of aliphatic imine (C=N–C) groups is 1. The average Bonchev–Trinajstić information content (AvgIpc) is 2.32. The van der Waals surface area contributed by atoms with Crippen LogP contribution in [-0.2, 0) is 6.18 Å². The Labute approximate surface area is 103 Å². The van der Waals surface area contributed by atoms with Gasteiger partial charge in [0.1, 0.15) is 0 Å². The van der Waals surface area contributed by atoms with E-state index in [1.165, 1.54) is 12.1 Å². The number of nitrogens with two attached hydrogens (primary N) is 1. The molecule has 98 valence electrons. The monoisotopic (exact) mass is 257 g/mol. The summed E-state index contributed by atoms with van der Waals surface area (Å²) >= 11 is 0. The summed E-state index contributed by atoms with van der Waals surface area (Å²) in [5.41, 5.74) is 5.85. The van der Waals surface area contributed by atoms with Crippen LogP contribution in [0.3, 0.4) is 0 Å². The second-order valence-electron chi connectivity index (χ2n) is 4.40. The molecule has 2 N–H and O–H groups in total. The van der Waals surface area contributed by atoms with Crippen molar-refractivity contribution in [1.29, 1.82) is 0 Å². The molecule has 1 aliphatic heterocycles. The zero-order chi connectivity index (χ0) is 13.3. The van der Waals surface area contributed by atoms with Crippen LogP contribution in [0, 0.1) is 0 Å². The van der Waals surface area contributed by atoms with E-state index in [-0.39, 0.29) is 5.92 Å². The van der Waals surface area contributed by atoms with Gasteiger partial charge in [-0.05, 0) is 17.7 Å². The molecule has 0 amide bonds. The summed E-state index contributed by atoms with van der Waals surface area (Å²) in [4.78, 5) is 5.94. The molecular weight excluding hydrogens is 243 g/mol. The number of likely N-dealkylation sites (N-methyl/N-ethyl adjacent to an activating group) is 1. The SMILES string of the molecule is CN1CC(c2ccc(C(F)(F)F)cc2)CN=C1N. The van der Waals surface area contributed by atoms with Crippen LogP contribution in [0.15, 0.2) is 29.3 Å². The van der Waals surface area contributed by atoms with Crippen molar-refractivity contribution in [3.05, 3.63) is 35.4 Å². The second-order valence-corrected chi connectivity index (χ2v) is 4.40. The molecule has 0 saturated carbocycles. The molecule has 0 bridgehead atoms. The summed E-state index contributed by atoms with van der Waals surface area (Å²) in [6.45, 7) is 1.18. The van der Waals surface area contributed by atoms with Crippen LogP contribution in [-0.4, -0.2) is 31.0 Å². The van der Waals surface area contributed by atoms with Gasteiger partial charge in [0.05, 0.1) is 12.1 Å². The zero-order valence-electron chi connectivity index (χ0n) is 9.91. The molecule has 18 heavy (non-hydrogen) atoms. The number of alkyl halides is 3. The topological polar surface area (TPSA) is 41.6 Å². The first kappa shape index (κ1) is 12.7. The smallest absolute Gasteiger partial charge is 0.370 e. The number of halogens is 3. The molecule has 0 aliphatic carbocycles. The summed E-state index contributed by atoms with van der Waals surface area (Å²) in [6, 6.07) is 5.24. The molecule has 1 aromatic rings. The van der Waals surface area contributed by atoms with Gasteiger partial charge in [-0.15, -0.1) is 0 Å². The third-order valence-electron chi connectivity index (χ3n) is 3.07. The maximum absolute atomic E-state index is 12.4. The molecule has 3 nitrogen and oxygen atoms in total. The van der Waals surface area contributed by atoms with Gasteiger partial charge in [-0.25, -0.2) is 0 Å². The van der Waals surface area contributed by atoms with Gasteiger partial charge in [-0.1, -0.05) is 12.1 Å². The van der Waals surface area contributed by atoms with Gasteiger partial charge in [-0.2, -0.15) is 13.2 Å². The predicted molar refractivity (Wildman–Crippen MR) is 63.3 cm³/mol. The lowest BCUT2D eigenvalue weighted by atomic mass is 9.96. The molecule has 0 saturated heterocycles. The van der Waals surface area contributed by atoms with E-state index in [4.69, 9.17) is 5.73 Å². The number of rotatable bonds is 1. The highest BCUT2D eigenvalue weighted by atomic mass is 19.4. The third-order valence-corrected chi connectivity index (χ3v) is 3.07. The Morgan fingerprint density at radius 3 is 2.39 bits per heavy atom. The Morgan fingerprint density at radius 2 is 1.89 bits per heavy atom. The minimum atomic E-state index is -4.29. The largest absolute Gasteiger partial charge is 0.416 e. The molecule has 1 heterocycles. The highest BCUT2D eigenvalue weighted by molar-refractivity contribution is 5.78. The van der Waals surface area contributed by atoms with E-state index in [0.717, 1.165) is 17.7 Å². The van der Waals surface area contributed by atoms with Gasteiger partial charge in [0, 0.05) is 19.5 Å². The average molecular weight is 257 g/mol. The maximum Gasteiger partial charge on any atom is 0.416 e. The minimum Gasteiger partial charge on any atom is -0.370 e. The van der Waals surface area contributed by atoms with Crippen molar-refractivity contribution in [3.63, 3.8) is 0 Å². The zero-order valence-corrected chi connectivity index (χ0v) is 9.91. The Balaban J connectivity index is 2.16. The first-order valence-corrected chi connectivity index (χ1v) is 5.56. The van der Waals surface area contributed by atoms with E-state index in [2.05, 4.69) is 4.99 Å². The van der Waals surface area contributed by atoms with E-state index in [1.807, 2.05) is 7.05 Å². The van der Waals surface area contributed by atoms with Gasteiger partial charge in [0.25, 0.3) is 0 Å². The molecular formula is C12H14F3N3.